The van der Waals surface area contributed by atoms with Gasteiger partial charge in [0.2, 0.25) is 5.91 Å². The highest BCUT2D eigenvalue weighted by molar-refractivity contribution is 6.30. The predicted octanol–water partition coefficient (Wildman–Crippen LogP) is 1.49. The number of aromatic nitrogens is 1. The molecule has 1 saturated heterocycles. The van der Waals surface area contributed by atoms with Gasteiger partial charge in [-0.3, -0.25) is 9.78 Å². The van der Waals surface area contributed by atoms with Crippen molar-refractivity contribution >= 4 is 17.5 Å². The third kappa shape index (κ3) is 2.49. The Hall–Kier alpha value is -1.13. The van der Waals surface area contributed by atoms with Gasteiger partial charge in [0.25, 0.3) is 0 Å². The van der Waals surface area contributed by atoms with Gasteiger partial charge in [-0.1, -0.05) is 11.6 Å². The second-order valence-electron chi connectivity index (χ2n) is 5.37. The van der Waals surface area contributed by atoms with Crippen molar-refractivity contribution in [1.82, 2.24) is 15.6 Å². The van der Waals surface area contributed by atoms with Crippen LogP contribution in [0, 0.1) is 5.41 Å². The molecule has 2 heterocycles. The van der Waals surface area contributed by atoms with Crippen molar-refractivity contribution in [3.63, 3.8) is 0 Å². The highest BCUT2D eigenvalue weighted by Gasteiger charge is 2.49. The zero-order valence-electron chi connectivity index (χ0n) is 10.1. The molecule has 96 valence electrons. The highest BCUT2D eigenvalue weighted by Crippen LogP contribution is 2.51. The lowest BCUT2D eigenvalue weighted by molar-refractivity contribution is -0.123. The maximum Gasteiger partial charge on any atom is 0.237 e. The second kappa shape index (κ2) is 4.52. The molecular weight excluding hydrogens is 250 g/mol. The molecule has 4 nitrogen and oxygen atoms in total. The minimum absolute atomic E-state index is 0.0281. The van der Waals surface area contributed by atoms with Crippen LogP contribution >= 0.6 is 11.6 Å². The largest absolute Gasteiger partial charge is 0.351 e. The van der Waals surface area contributed by atoms with Gasteiger partial charge < -0.3 is 10.6 Å². The number of amides is 1. The van der Waals surface area contributed by atoms with Crippen LogP contribution in [0.3, 0.4) is 0 Å². The Kier molecular flexibility index (Phi) is 2.99. The Morgan fingerprint density at radius 3 is 3.06 bits per heavy atom. The minimum atomic E-state index is -0.0281. The summed E-state index contributed by atoms with van der Waals surface area (Å²) in [6.45, 7) is 1.47. The van der Waals surface area contributed by atoms with Crippen LogP contribution in [-0.4, -0.2) is 23.5 Å². The minimum Gasteiger partial charge on any atom is -0.351 e. The number of pyridine rings is 1. The van der Waals surface area contributed by atoms with Crippen LogP contribution < -0.4 is 10.6 Å². The summed E-state index contributed by atoms with van der Waals surface area (Å²) in [5, 5.41) is 6.83. The molecule has 3 rings (SSSR count). The van der Waals surface area contributed by atoms with E-state index in [0.29, 0.717) is 17.0 Å². The van der Waals surface area contributed by atoms with Crippen molar-refractivity contribution in [2.24, 2.45) is 5.41 Å². The van der Waals surface area contributed by atoms with Gasteiger partial charge in [-0.15, -0.1) is 0 Å². The Labute approximate surface area is 111 Å². The van der Waals surface area contributed by atoms with Gasteiger partial charge >= 0.3 is 0 Å². The summed E-state index contributed by atoms with van der Waals surface area (Å²) in [6, 6.07) is 1.79. The van der Waals surface area contributed by atoms with E-state index in [-0.39, 0.29) is 11.9 Å². The zero-order valence-corrected chi connectivity index (χ0v) is 10.8. The molecule has 0 bridgehead atoms. The molecule has 1 saturated carbocycles. The summed E-state index contributed by atoms with van der Waals surface area (Å²) in [4.78, 5) is 16.0. The topological polar surface area (TPSA) is 54.0 Å². The number of carbonyl (C=O) groups excluding carboxylic acids is 1. The summed E-state index contributed by atoms with van der Waals surface area (Å²) in [5.74, 6) is 0.0822. The molecule has 0 aromatic carbocycles. The van der Waals surface area contributed by atoms with E-state index in [1.165, 1.54) is 12.8 Å². The molecule has 2 N–H and O–H groups in total. The fourth-order valence-corrected chi connectivity index (χ4v) is 2.72. The maximum absolute atomic E-state index is 12.0. The van der Waals surface area contributed by atoms with Crippen LogP contribution in [-0.2, 0) is 11.3 Å². The Morgan fingerprint density at radius 1 is 1.56 bits per heavy atom. The molecular formula is C13H16ClN3O. The number of halogens is 1. The van der Waals surface area contributed by atoms with E-state index >= 15 is 0 Å². The number of rotatable bonds is 3. The summed E-state index contributed by atoms with van der Waals surface area (Å²) >= 11 is 5.85. The van der Waals surface area contributed by atoms with Crippen LogP contribution in [0.4, 0.5) is 0 Å². The number of nitrogens with zero attached hydrogens (tertiary/aromatic N) is 1. The first kappa shape index (κ1) is 11.9. The van der Waals surface area contributed by atoms with E-state index in [1.807, 2.05) is 6.07 Å². The van der Waals surface area contributed by atoms with Gasteiger partial charge in [0, 0.05) is 25.5 Å². The van der Waals surface area contributed by atoms with E-state index in [9.17, 15) is 4.79 Å². The fourth-order valence-electron chi connectivity index (χ4n) is 2.53. The molecule has 18 heavy (non-hydrogen) atoms. The summed E-state index contributed by atoms with van der Waals surface area (Å²) in [5.41, 5.74) is 1.37. The van der Waals surface area contributed by atoms with E-state index in [4.69, 9.17) is 11.6 Å². The van der Waals surface area contributed by atoms with Gasteiger partial charge in [-0.05, 0) is 36.3 Å². The molecule has 0 unspecified atom stereocenters. The van der Waals surface area contributed by atoms with Crippen LogP contribution in [0.1, 0.15) is 24.8 Å². The van der Waals surface area contributed by atoms with Crippen molar-refractivity contribution in [2.75, 3.05) is 6.54 Å². The number of hydrogen-bond acceptors (Lipinski definition) is 3. The molecule has 5 heteroatoms. The Morgan fingerprint density at radius 2 is 2.39 bits per heavy atom. The lowest BCUT2D eigenvalue weighted by Gasteiger charge is -2.11. The van der Waals surface area contributed by atoms with E-state index in [2.05, 4.69) is 15.6 Å². The molecule has 1 aliphatic heterocycles. The SMILES string of the molecule is O=C(NCc1cncc(Cl)c1)[C@@H]1CC2(CC2)CN1. The van der Waals surface area contributed by atoms with Crippen LogP contribution in [0.15, 0.2) is 18.5 Å². The maximum atomic E-state index is 12.0. The van der Waals surface area contributed by atoms with Gasteiger partial charge in [0.15, 0.2) is 0 Å². The fraction of sp³-hybridized carbons (Fsp3) is 0.538. The molecule has 1 amide bonds. The number of carbonyl (C=O) groups is 1. The molecule has 1 aromatic rings. The van der Waals surface area contributed by atoms with Gasteiger partial charge in [-0.25, -0.2) is 0 Å². The standard InChI is InChI=1S/C13H16ClN3O/c14-10-3-9(5-15-7-10)6-16-12(18)11-4-13(1-2-13)8-17-11/h3,5,7,11,17H,1-2,4,6,8H2,(H,16,18)/t11-/m0/s1. The predicted molar refractivity (Wildman–Crippen MR) is 69.2 cm³/mol. The summed E-state index contributed by atoms with van der Waals surface area (Å²) in [7, 11) is 0. The smallest absolute Gasteiger partial charge is 0.237 e. The van der Waals surface area contributed by atoms with E-state index < -0.39 is 0 Å². The normalized spacial score (nSPS) is 24.2. The Balaban J connectivity index is 1.52. The molecule has 0 radical (unpaired) electrons. The van der Waals surface area contributed by atoms with Gasteiger partial charge in [-0.2, -0.15) is 0 Å². The first-order valence-electron chi connectivity index (χ1n) is 6.27. The molecule has 1 atom stereocenters. The average molecular weight is 266 g/mol. The van der Waals surface area contributed by atoms with E-state index in [0.717, 1.165) is 18.5 Å². The first-order chi connectivity index (χ1) is 8.67. The summed E-state index contributed by atoms with van der Waals surface area (Å²) in [6.07, 6.45) is 6.81. The third-order valence-corrected chi connectivity index (χ3v) is 4.07. The lowest BCUT2D eigenvalue weighted by Crippen LogP contribution is -2.40. The van der Waals surface area contributed by atoms with Crippen molar-refractivity contribution < 1.29 is 4.79 Å². The van der Waals surface area contributed by atoms with Crippen LogP contribution in [0.5, 0.6) is 0 Å². The van der Waals surface area contributed by atoms with Gasteiger partial charge in [0.1, 0.15) is 0 Å². The lowest BCUT2D eigenvalue weighted by atomic mass is 10.0. The summed E-state index contributed by atoms with van der Waals surface area (Å²) < 4.78 is 0. The molecule has 1 spiro atoms. The second-order valence-corrected chi connectivity index (χ2v) is 5.80. The van der Waals surface area contributed by atoms with Crippen LogP contribution in [0.25, 0.3) is 0 Å². The average Bonchev–Trinajstić information content (AvgIpc) is 2.97. The highest BCUT2D eigenvalue weighted by atomic mass is 35.5. The van der Waals surface area contributed by atoms with Gasteiger partial charge in [0.05, 0.1) is 11.1 Å². The molecule has 1 aromatic heterocycles. The van der Waals surface area contributed by atoms with E-state index in [1.54, 1.807) is 12.4 Å². The van der Waals surface area contributed by atoms with Crippen molar-refractivity contribution in [2.45, 2.75) is 31.8 Å². The molecule has 2 fully saturated rings. The zero-order chi connectivity index (χ0) is 12.6. The monoisotopic (exact) mass is 265 g/mol. The van der Waals surface area contributed by atoms with Crippen LogP contribution in [0.2, 0.25) is 5.02 Å². The third-order valence-electron chi connectivity index (χ3n) is 3.86. The quantitative estimate of drug-likeness (QED) is 0.871. The Bertz CT molecular complexity index is 473. The first-order valence-corrected chi connectivity index (χ1v) is 6.65. The van der Waals surface area contributed by atoms with Crippen molar-refractivity contribution in [3.05, 3.63) is 29.0 Å². The molecule has 1 aliphatic carbocycles. The van der Waals surface area contributed by atoms with Crippen molar-refractivity contribution in [1.29, 1.82) is 0 Å². The molecule has 2 aliphatic rings. The number of nitrogens with one attached hydrogen (secondary N) is 2. The van der Waals surface area contributed by atoms with Crippen molar-refractivity contribution in [3.8, 4) is 0 Å². The number of hydrogen-bond donors (Lipinski definition) is 2.